The highest BCUT2D eigenvalue weighted by atomic mass is 19.3. The number of amides is 1. The molecular formula is C25H30F2N6O2. The Kier molecular flexibility index (Phi) is 5.88. The second-order valence-electron chi connectivity index (χ2n) is 9.65. The van der Waals surface area contributed by atoms with Gasteiger partial charge in [-0.05, 0) is 49.9 Å². The number of aromatic nitrogens is 2. The van der Waals surface area contributed by atoms with Crippen molar-refractivity contribution in [3.8, 4) is 0 Å². The molecule has 3 aromatic rings. The Morgan fingerprint density at radius 1 is 1.20 bits per heavy atom. The van der Waals surface area contributed by atoms with E-state index in [1.807, 2.05) is 12.1 Å². The molecule has 0 unspecified atom stereocenters. The van der Waals surface area contributed by atoms with Crippen molar-refractivity contribution in [3.63, 3.8) is 0 Å². The zero-order chi connectivity index (χ0) is 24.9. The average Bonchev–Trinajstić information content (AvgIpc) is 3.09. The second-order valence-corrected chi connectivity index (χ2v) is 9.65. The molecule has 0 saturated carbocycles. The van der Waals surface area contributed by atoms with Crippen LogP contribution in [0.4, 0.5) is 8.78 Å². The topological polar surface area (TPSA) is 103 Å². The van der Waals surface area contributed by atoms with E-state index in [0.29, 0.717) is 22.9 Å². The quantitative estimate of drug-likeness (QED) is 0.426. The molecule has 2 fully saturated rings. The molecule has 10 heteroatoms. The van der Waals surface area contributed by atoms with Gasteiger partial charge in [0, 0.05) is 55.2 Å². The number of benzene rings is 1. The number of hydrogen-bond donors (Lipinski definition) is 2. The van der Waals surface area contributed by atoms with E-state index < -0.39 is 19.0 Å². The number of hydrogen-bond acceptors (Lipinski definition) is 6. The van der Waals surface area contributed by atoms with Gasteiger partial charge >= 0.3 is 0 Å². The van der Waals surface area contributed by atoms with E-state index >= 15 is 0 Å². The molecule has 0 spiro atoms. The number of halogens is 2. The minimum absolute atomic E-state index is 0.386. The first-order chi connectivity index (χ1) is 16.6. The molecule has 0 aliphatic carbocycles. The number of nitrogens with two attached hydrogens (primary N) is 2. The van der Waals surface area contributed by atoms with Crippen LogP contribution in [-0.2, 0) is 11.3 Å². The van der Waals surface area contributed by atoms with Crippen LogP contribution in [0.25, 0.3) is 27.6 Å². The number of nitrogens with zero attached hydrogens (tertiary/aromatic N) is 4. The summed E-state index contributed by atoms with van der Waals surface area (Å²) in [6, 6.07) is 7.37. The van der Waals surface area contributed by atoms with E-state index in [2.05, 4.69) is 4.57 Å². The number of alkyl halides is 2. The molecule has 8 nitrogen and oxygen atoms in total. The van der Waals surface area contributed by atoms with Crippen LogP contribution in [0.2, 0.25) is 0 Å². The van der Waals surface area contributed by atoms with E-state index in [1.54, 1.807) is 32.3 Å². The first-order valence-electron chi connectivity index (χ1n) is 11.8. The Morgan fingerprint density at radius 2 is 1.89 bits per heavy atom. The van der Waals surface area contributed by atoms with Gasteiger partial charge in [0.15, 0.2) is 0 Å². The number of carbonyl (C=O) groups is 1. The maximum atomic E-state index is 13.4. The minimum atomic E-state index is -2.81. The standard InChI is InChI=1S/C25H30F2N6O2/c1-15(28)23(31(2)29)18-10-21-22(30-11-18)19-4-3-17(24(34)32-13-25(26,27)14-32)9-20(19)33(21)12-16-5-7-35-8-6-16/h3-4,9-11,16H,5-8,12-14,28-29H2,1-2H3/b23-15-. The molecule has 2 saturated heterocycles. The Balaban J connectivity index is 1.64. The fourth-order valence-electron chi connectivity index (χ4n) is 5.15. The monoisotopic (exact) mass is 484 g/mol. The first-order valence-corrected chi connectivity index (χ1v) is 11.8. The number of likely N-dealkylation sites (tertiary alicyclic amines) is 1. The van der Waals surface area contributed by atoms with E-state index in [4.69, 9.17) is 21.3 Å². The number of fused-ring (bicyclic) bond motifs is 3. The van der Waals surface area contributed by atoms with Gasteiger partial charge in [0.05, 0.1) is 35.3 Å². The van der Waals surface area contributed by atoms with E-state index in [-0.39, 0.29) is 5.91 Å². The zero-order valence-corrected chi connectivity index (χ0v) is 19.9. The fourth-order valence-corrected chi connectivity index (χ4v) is 5.15. The van der Waals surface area contributed by atoms with Gasteiger partial charge < -0.3 is 24.9 Å². The van der Waals surface area contributed by atoms with Crippen LogP contribution in [0.1, 0.15) is 35.7 Å². The lowest BCUT2D eigenvalue weighted by molar-refractivity contribution is -0.113. The van der Waals surface area contributed by atoms with Crippen LogP contribution < -0.4 is 11.6 Å². The van der Waals surface area contributed by atoms with Crippen LogP contribution >= 0.6 is 0 Å². The highest BCUT2D eigenvalue weighted by Gasteiger charge is 2.46. The third-order valence-electron chi connectivity index (χ3n) is 6.86. The number of allylic oxidation sites excluding steroid dienone is 1. The van der Waals surface area contributed by atoms with Gasteiger partial charge in [-0.2, -0.15) is 0 Å². The maximum Gasteiger partial charge on any atom is 0.282 e. The summed E-state index contributed by atoms with van der Waals surface area (Å²) in [6.45, 7) is 2.87. The highest BCUT2D eigenvalue weighted by Crippen LogP contribution is 2.34. The molecule has 0 atom stereocenters. The van der Waals surface area contributed by atoms with Crippen molar-refractivity contribution >= 4 is 33.5 Å². The van der Waals surface area contributed by atoms with Crippen molar-refractivity contribution < 1.29 is 18.3 Å². The number of carbonyl (C=O) groups excluding carboxylic acids is 1. The number of hydrazine groups is 1. The third-order valence-corrected chi connectivity index (χ3v) is 6.86. The van der Waals surface area contributed by atoms with Crippen LogP contribution in [0.15, 0.2) is 36.2 Å². The summed E-state index contributed by atoms with van der Waals surface area (Å²) >= 11 is 0. The van der Waals surface area contributed by atoms with Crippen molar-refractivity contribution in [2.75, 3.05) is 33.4 Å². The minimum Gasteiger partial charge on any atom is -0.401 e. The number of ether oxygens (including phenoxy) is 1. The molecule has 5 rings (SSSR count). The normalized spacial score (nSPS) is 19.1. The van der Waals surface area contributed by atoms with E-state index in [0.717, 1.165) is 60.1 Å². The lowest BCUT2D eigenvalue weighted by Gasteiger charge is -2.38. The Bertz CT molecular complexity index is 1310. The predicted molar refractivity (Wildman–Crippen MR) is 130 cm³/mol. The van der Waals surface area contributed by atoms with Gasteiger partial charge in [-0.15, -0.1) is 0 Å². The van der Waals surface area contributed by atoms with Gasteiger partial charge in [-0.3, -0.25) is 9.78 Å². The Labute approximate surface area is 202 Å². The van der Waals surface area contributed by atoms with Crippen molar-refractivity contribution in [2.24, 2.45) is 17.5 Å². The molecule has 0 radical (unpaired) electrons. The Hall–Kier alpha value is -3.24. The summed E-state index contributed by atoms with van der Waals surface area (Å²) in [5.41, 5.74) is 11.1. The van der Waals surface area contributed by atoms with Crippen molar-refractivity contribution in [1.82, 2.24) is 19.5 Å². The Morgan fingerprint density at radius 3 is 2.51 bits per heavy atom. The molecule has 1 amide bonds. The SMILES string of the molecule is C/C(N)=C(\c1cnc2c3ccc(C(=O)N4CC(F)(F)C4)cc3n(CC3CCOCC3)c2c1)N(C)N. The summed E-state index contributed by atoms with van der Waals surface area (Å²) < 4.78 is 34.4. The molecule has 0 bridgehead atoms. The first kappa shape index (κ1) is 23.5. The second kappa shape index (κ2) is 8.76. The summed E-state index contributed by atoms with van der Waals surface area (Å²) in [6.07, 6.45) is 3.62. The molecule has 35 heavy (non-hydrogen) atoms. The van der Waals surface area contributed by atoms with Gasteiger partial charge in [0.2, 0.25) is 0 Å². The average molecular weight is 485 g/mol. The molecule has 2 aliphatic rings. The summed E-state index contributed by atoms with van der Waals surface area (Å²) in [4.78, 5) is 18.8. The molecule has 186 valence electrons. The number of pyridine rings is 1. The summed E-state index contributed by atoms with van der Waals surface area (Å²) in [7, 11) is 1.73. The zero-order valence-electron chi connectivity index (χ0n) is 19.9. The van der Waals surface area contributed by atoms with Gasteiger partial charge in [0.1, 0.15) is 0 Å². The molecular weight excluding hydrogens is 454 g/mol. The molecule has 4 N–H and O–H groups in total. The van der Waals surface area contributed by atoms with Gasteiger partial charge in [-0.1, -0.05) is 0 Å². The van der Waals surface area contributed by atoms with Crippen molar-refractivity contribution in [2.45, 2.75) is 32.2 Å². The fraction of sp³-hybridized carbons (Fsp3) is 0.440. The smallest absolute Gasteiger partial charge is 0.282 e. The van der Waals surface area contributed by atoms with E-state index in [1.165, 1.54) is 9.91 Å². The molecule has 4 heterocycles. The third kappa shape index (κ3) is 4.32. The molecule has 1 aromatic carbocycles. The van der Waals surface area contributed by atoms with Gasteiger partial charge in [-0.25, -0.2) is 14.6 Å². The summed E-state index contributed by atoms with van der Waals surface area (Å²) in [5.74, 6) is 3.26. The van der Waals surface area contributed by atoms with Crippen LogP contribution in [0.5, 0.6) is 0 Å². The van der Waals surface area contributed by atoms with E-state index in [9.17, 15) is 13.6 Å². The largest absolute Gasteiger partial charge is 0.401 e. The van der Waals surface area contributed by atoms with Crippen LogP contribution in [0, 0.1) is 5.92 Å². The van der Waals surface area contributed by atoms with Crippen LogP contribution in [0.3, 0.4) is 0 Å². The summed E-state index contributed by atoms with van der Waals surface area (Å²) in [5, 5.41) is 2.38. The number of rotatable bonds is 5. The lowest BCUT2D eigenvalue weighted by atomic mass is 10.00. The predicted octanol–water partition coefficient (Wildman–Crippen LogP) is 3.16. The van der Waals surface area contributed by atoms with Crippen LogP contribution in [-0.4, -0.2) is 64.6 Å². The highest BCUT2D eigenvalue weighted by molar-refractivity contribution is 6.09. The molecule has 2 aromatic heterocycles. The van der Waals surface area contributed by atoms with Gasteiger partial charge in [0.25, 0.3) is 11.8 Å². The lowest BCUT2D eigenvalue weighted by Crippen LogP contribution is -2.58. The molecule has 2 aliphatic heterocycles. The van der Waals surface area contributed by atoms with Crippen molar-refractivity contribution in [3.05, 3.63) is 47.3 Å². The maximum absolute atomic E-state index is 13.4. The van der Waals surface area contributed by atoms with Crippen molar-refractivity contribution in [1.29, 1.82) is 0 Å².